The summed E-state index contributed by atoms with van der Waals surface area (Å²) in [6.07, 6.45) is 6.31. The lowest BCUT2D eigenvalue weighted by molar-refractivity contribution is 0.233. The normalized spacial score (nSPS) is 25.2. The van der Waals surface area contributed by atoms with Crippen LogP contribution in [-0.4, -0.2) is 18.3 Å². The summed E-state index contributed by atoms with van der Waals surface area (Å²) < 4.78 is 5.54. The first-order valence-corrected chi connectivity index (χ1v) is 6.53. The van der Waals surface area contributed by atoms with Gasteiger partial charge in [0.05, 0.1) is 6.61 Å². The third kappa shape index (κ3) is 5.36. The average Bonchev–Trinajstić information content (AvgIpc) is 2.62. The van der Waals surface area contributed by atoms with Crippen molar-refractivity contribution >= 4 is 17.4 Å². The van der Waals surface area contributed by atoms with Crippen molar-refractivity contribution in [1.82, 2.24) is 5.32 Å². The van der Waals surface area contributed by atoms with Crippen molar-refractivity contribution in [1.29, 1.82) is 0 Å². The molecule has 0 spiro atoms. The molecule has 0 aromatic heterocycles. The van der Waals surface area contributed by atoms with Crippen LogP contribution in [0.4, 0.5) is 0 Å². The lowest BCUT2D eigenvalue weighted by Gasteiger charge is -2.13. The Morgan fingerprint density at radius 2 is 2.27 bits per heavy atom. The van der Waals surface area contributed by atoms with Crippen LogP contribution in [0.1, 0.15) is 46.0 Å². The third-order valence-electron chi connectivity index (χ3n) is 3.05. The number of hydrogen-bond donors (Lipinski definition) is 1. The van der Waals surface area contributed by atoms with E-state index in [2.05, 4.69) is 19.2 Å². The van der Waals surface area contributed by atoms with E-state index in [1.807, 2.05) is 0 Å². The van der Waals surface area contributed by atoms with E-state index in [0.29, 0.717) is 5.17 Å². The average molecular weight is 229 g/mol. The van der Waals surface area contributed by atoms with Gasteiger partial charge in [-0.3, -0.25) is 0 Å². The molecule has 0 aliphatic heterocycles. The van der Waals surface area contributed by atoms with Crippen molar-refractivity contribution in [3.8, 4) is 0 Å². The van der Waals surface area contributed by atoms with Gasteiger partial charge in [-0.05, 0) is 43.3 Å². The highest BCUT2D eigenvalue weighted by molar-refractivity contribution is 7.80. The van der Waals surface area contributed by atoms with Gasteiger partial charge in [-0.2, -0.15) is 0 Å². The third-order valence-corrected chi connectivity index (χ3v) is 3.32. The Kier molecular flexibility index (Phi) is 5.99. The van der Waals surface area contributed by atoms with Gasteiger partial charge in [-0.25, -0.2) is 0 Å². The first kappa shape index (κ1) is 12.8. The highest BCUT2D eigenvalue weighted by Gasteiger charge is 2.21. The zero-order valence-electron chi connectivity index (χ0n) is 9.92. The molecule has 2 nitrogen and oxygen atoms in total. The molecule has 1 rings (SSSR count). The highest BCUT2D eigenvalue weighted by Crippen LogP contribution is 2.30. The highest BCUT2D eigenvalue weighted by atomic mass is 32.1. The summed E-state index contributed by atoms with van der Waals surface area (Å²) in [6, 6.07) is 0. The van der Waals surface area contributed by atoms with Gasteiger partial charge >= 0.3 is 0 Å². The second-order valence-corrected chi connectivity index (χ2v) is 5.03. The van der Waals surface area contributed by atoms with Crippen LogP contribution in [-0.2, 0) is 4.74 Å². The molecule has 1 N–H and O–H groups in total. The van der Waals surface area contributed by atoms with E-state index in [1.165, 1.54) is 25.7 Å². The molecule has 1 aliphatic carbocycles. The Balaban J connectivity index is 2.01. The zero-order valence-corrected chi connectivity index (χ0v) is 10.7. The van der Waals surface area contributed by atoms with Crippen molar-refractivity contribution in [2.45, 2.75) is 46.0 Å². The van der Waals surface area contributed by atoms with Crippen LogP contribution >= 0.6 is 12.2 Å². The van der Waals surface area contributed by atoms with E-state index in [9.17, 15) is 0 Å². The minimum atomic E-state index is 0.586. The Bertz CT molecular complexity index is 196. The number of thiocarbonyl (C=S) groups is 1. The fourth-order valence-corrected chi connectivity index (χ4v) is 2.26. The van der Waals surface area contributed by atoms with E-state index in [0.717, 1.165) is 31.4 Å². The summed E-state index contributed by atoms with van der Waals surface area (Å²) in [7, 11) is 0. The standard InChI is InChI=1S/C12H23NOS/c1-3-4-7-13-12(15)14-9-11-6-5-10(2)8-11/h10-11H,3-9H2,1-2H3,(H,13,15)/t10?,11-/m1/s1. The van der Waals surface area contributed by atoms with Crippen molar-refractivity contribution in [3.63, 3.8) is 0 Å². The molecule has 1 fully saturated rings. The molecule has 88 valence electrons. The monoisotopic (exact) mass is 229 g/mol. The van der Waals surface area contributed by atoms with Gasteiger partial charge in [0.2, 0.25) is 0 Å². The molecular weight excluding hydrogens is 206 g/mol. The Morgan fingerprint density at radius 3 is 2.87 bits per heavy atom. The minimum Gasteiger partial charge on any atom is -0.471 e. The lowest BCUT2D eigenvalue weighted by atomic mass is 10.1. The van der Waals surface area contributed by atoms with Crippen molar-refractivity contribution in [3.05, 3.63) is 0 Å². The van der Waals surface area contributed by atoms with Gasteiger partial charge in [0.1, 0.15) is 0 Å². The van der Waals surface area contributed by atoms with Crippen LogP contribution in [0, 0.1) is 11.8 Å². The molecule has 0 aromatic carbocycles. The van der Waals surface area contributed by atoms with E-state index in [4.69, 9.17) is 17.0 Å². The first-order chi connectivity index (χ1) is 7.22. The predicted octanol–water partition coefficient (Wildman–Crippen LogP) is 3.11. The fraction of sp³-hybridized carbons (Fsp3) is 0.917. The van der Waals surface area contributed by atoms with Gasteiger partial charge in [0.15, 0.2) is 0 Å². The smallest absolute Gasteiger partial charge is 0.256 e. The van der Waals surface area contributed by atoms with Crippen LogP contribution in [0.3, 0.4) is 0 Å². The molecular formula is C12H23NOS. The van der Waals surface area contributed by atoms with Gasteiger partial charge < -0.3 is 10.1 Å². The van der Waals surface area contributed by atoms with E-state index in [-0.39, 0.29) is 0 Å². The molecule has 15 heavy (non-hydrogen) atoms. The Labute approximate surface area is 98.8 Å². The van der Waals surface area contributed by atoms with Crippen molar-refractivity contribution < 1.29 is 4.74 Å². The molecule has 3 heteroatoms. The van der Waals surface area contributed by atoms with Crippen molar-refractivity contribution in [2.24, 2.45) is 11.8 Å². The van der Waals surface area contributed by atoms with Gasteiger partial charge in [-0.1, -0.05) is 26.7 Å². The molecule has 1 saturated carbocycles. The maximum absolute atomic E-state index is 5.54. The maximum atomic E-state index is 5.54. The Hall–Kier alpha value is -0.310. The number of nitrogens with one attached hydrogen (secondary N) is 1. The fourth-order valence-electron chi connectivity index (χ4n) is 2.09. The summed E-state index contributed by atoms with van der Waals surface area (Å²) in [4.78, 5) is 0. The molecule has 0 bridgehead atoms. The largest absolute Gasteiger partial charge is 0.471 e. The predicted molar refractivity (Wildman–Crippen MR) is 68.0 cm³/mol. The van der Waals surface area contributed by atoms with Crippen LogP contribution in [0.25, 0.3) is 0 Å². The molecule has 0 amide bonds. The van der Waals surface area contributed by atoms with Crippen molar-refractivity contribution in [2.75, 3.05) is 13.2 Å². The minimum absolute atomic E-state index is 0.586. The van der Waals surface area contributed by atoms with Crippen LogP contribution in [0.15, 0.2) is 0 Å². The van der Waals surface area contributed by atoms with Gasteiger partial charge in [0, 0.05) is 6.54 Å². The van der Waals surface area contributed by atoms with Crippen LogP contribution in [0.5, 0.6) is 0 Å². The van der Waals surface area contributed by atoms with Gasteiger partial charge in [-0.15, -0.1) is 0 Å². The van der Waals surface area contributed by atoms with Gasteiger partial charge in [0.25, 0.3) is 5.17 Å². The SMILES string of the molecule is CCCCNC(=S)OC[C@@H]1CCC(C)C1. The number of hydrogen-bond acceptors (Lipinski definition) is 2. The molecule has 0 aromatic rings. The van der Waals surface area contributed by atoms with E-state index in [1.54, 1.807) is 0 Å². The summed E-state index contributed by atoms with van der Waals surface area (Å²) in [5, 5.41) is 3.71. The quantitative estimate of drug-likeness (QED) is 0.578. The Morgan fingerprint density at radius 1 is 1.47 bits per heavy atom. The van der Waals surface area contributed by atoms with E-state index >= 15 is 0 Å². The molecule has 2 atom stereocenters. The lowest BCUT2D eigenvalue weighted by Crippen LogP contribution is -2.26. The molecule has 0 heterocycles. The second-order valence-electron chi connectivity index (χ2n) is 4.66. The van der Waals surface area contributed by atoms with Crippen LogP contribution < -0.4 is 5.32 Å². The summed E-state index contributed by atoms with van der Waals surface area (Å²) in [5.74, 6) is 1.60. The molecule has 0 radical (unpaired) electrons. The zero-order chi connectivity index (χ0) is 11.1. The second kappa shape index (κ2) is 7.04. The molecule has 0 saturated heterocycles. The summed E-state index contributed by atoms with van der Waals surface area (Å²) in [5.41, 5.74) is 0. The summed E-state index contributed by atoms with van der Waals surface area (Å²) >= 11 is 5.10. The summed E-state index contributed by atoms with van der Waals surface area (Å²) in [6.45, 7) is 6.24. The topological polar surface area (TPSA) is 21.3 Å². The number of rotatable bonds is 5. The number of unbranched alkanes of at least 4 members (excludes halogenated alkanes) is 1. The van der Waals surface area contributed by atoms with Crippen LogP contribution in [0.2, 0.25) is 0 Å². The van der Waals surface area contributed by atoms with E-state index < -0.39 is 0 Å². The maximum Gasteiger partial charge on any atom is 0.256 e. The molecule has 1 unspecified atom stereocenters. The number of ether oxygens (including phenoxy) is 1. The molecule has 1 aliphatic rings. The first-order valence-electron chi connectivity index (χ1n) is 6.13.